The van der Waals surface area contributed by atoms with Gasteiger partial charge < -0.3 is 10.1 Å². The van der Waals surface area contributed by atoms with Gasteiger partial charge in [0.2, 0.25) is 0 Å². The highest BCUT2D eigenvalue weighted by atomic mass is 16.5. The fourth-order valence-corrected chi connectivity index (χ4v) is 3.65. The minimum absolute atomic E-state index is 0.0588. The molecule has 2 aliphatic rings. The minimum atomic E-state index is 0.0588. The molecule has 116 valence electrons. The van der Waals surface area contributed by atoms with Crippen molar-refractivity contribution in [2.45, 2.75) is 38.3 Å². The lowest BCUT2D eigenvalue weighted by molar-refractivity contribution is 0.0144. The minimum Gasteiger partial charge on any atom is -0.381 e. The van der Waals surface area contributed by atoms with Gasteiger partial charge in [0.1, 0.15) is 0 Å². The van der Waals surface area contributed by atoms with Crippen molar-refractivity contribution in [1.82, 2.24) is 10.2 Å². The molecular formula is C18H28N2O. The summed E-state index contributed by atoms with van der Waals surface area (Å²) in [5.74, 6) is 0.708. The van der Waals surface area contributed by atoms with Crippen molar-refractivity contribution in [1.29, 1.82) is 0 Å². The summed E-state index contributed by atoms with van der Waals surface area (Å²) in [5, 5.41) is 3.76. The molecule has 2 fully saturated rings. The summed E-state index contributed by atoms with van der Waals surface area (Å²) in [6.45, 7) is 9.87. The first kappa shape index (κ1) is 15.0. The topological polar surface area (TPSA) is 24.5 Å². The average Bonchev–Trinajstić information content (AvgIpc) is 2.53. The zero-order chi connectivity index (χ0) is 14.7. The normalized spacial score (nSPS) is 34.8. The summed E-state index contributed by atoms with van der Waals surface area (Å²) < 4.78 is 5.65. The summed E-state index contributed by atoms with van der Waals surface area (Å²) in [6, 6.07) is 11.5. The molecule has 2 aliphatic heterocycles. The predicted molar refractivity (Wildman–Crippen MR) is 86.4 cm³/mol. The van der Waals surface area contributed by atoms with E-state index in [4.69, 9.17) is 4.74 Å². The Hall–Kier alpha value is -0.900. The Kier molecular flexibility index (Phi) is 4.63. The number of benzene rings is 1. The summed E-state index contributed by atoms with van der Waals surface area (Å²) in [5.41, 5.74) is 1.45. The lowest BCUT2D eigenvalue weighted by Crippen LogP contribution is -2.61. The summed E-state index contributed by atoms with van der Waals surface area (Å²) in [4.78, 5) is 2.66. The van der Waals surface area contributed by atoms with E-state index in [1.807, 2.05) is 0 Å². The summed E-state index contributed by atoms with van der Waals surface area (Å²) in [6.07, 6.45) is 2.54. The van der Waals surface area contributed by atoms with Crippen LogP contribution >= 0.6 is 0 Å². The number of piperazine rings is 1. The molecule has 3 rings (SSSR count). The second-order valence-electron chi connectivity index (χ2n) is 6.94. The first-order valence-electron chi connectivity index (χ1n) is 8.30. The van der Waals surface area contributed by atoms with Crippen LogP contribution in [0.5, 0.6) is 0 Å². The molecule has 3 atom stereocenters. The Balaban J connectivity index is 1.69. The zero-order valence-corrected chi connectivity index (χ0v) is 13.3. The van der Waals surface area contributed by atoms with E-state index < -0.39 is 0 Å². The zero-order valence-electron chi connectivity index (χ0n) is 13.3. The summed E-state index contributed by atoms with van der Waals surface area (Å²) in [7, 11) is 0. The highest BCUT2D eigenvalue weighted by molar-refractivity contribution is 5.25. The van der Waals surface area contributed by atoms with E-state index in [9.17, 15) is 0 Å². The fraction of sp³-hybridized carbons (Fsp3) is 0.667. The predicted octanol–water partition coefficient (Wildman–Crippen LogP) is 2.62. The third-order valence-corrected chi connectivity index (χ3v) is 5.09. The van der Waals surface area contributed by atoms with Gasteiger partial charge in [-0.15, -0.1) is 0 Å². The maximum absolute atomic E-state index is 5.65. The van der Waals surface area contributed by atoms with Gasteiger partial charge in [0, 0.05) is 32.3 Å². The Labute approximate surface area is 128 Å². The van der Waals surface area contributed by atoms with Gasteiger partial charge in [0.05, 0.1) is 12.1 Å². The lowest BCUT2D eigenvalue weighted by Gasteiger charge is -2.46. The molecule has 0 bridgehead atoms. The largest absolute Gasteiger partial charge is 0.381 e. The molecule has 0 radical (unpaired) electrons. The van der Waals surface area contributed by atoms with E-state index in [0.29, 0.717) is 12.0 Å². The molecule has 0 amide bonds. The molecule has 0 spiro atoms. The number of hydrogen-bond acceptors (Lipinski definition) is 3. The molecule has 2 heterocycles. The van der Waals surface area contributed by atoms with E-state index in [-0.39, 0.29) is 5.54 Å². The third kappa shape index (κ3) is 3.47. The van der Waals surface area contributed by atoms with E-state index in [1.165, 1.54) is 24.9 Å². The van der Waals surface area contributed by atoms with Crippen molar-refractivity contribution in [2.24, 2.45) is 5.92 Å². The number of ether oxygens (including phenoxy) is 1. The second kappa shape index (κ2) is 6.47. The van der Waals surface area contributed by atoms with Crippen LogP contribution < -0.4 is 5.32 Å². The van der Waals surface area contributed by atoms with Crippen LogP contribution in [0.3, 0.4) is 0 Å². The maximum atomic E-state index is 5.65. The quantitative estimate of drug-likeness (QED) is 0.925. The Morgan fingerprint density at radius 1 is 1.33 bits per heavy atom. The van der Waals surface area contributed by atoms with Gasteiger partial charge in [-0.1, -0.05) is 30.3 Å². The van der Waals surface area contributed by atoms with Gasteiger partial charge in [0.15, 0.2) is 0 Å². The first-order valence-corrected chi connectivity index (χ1v) is 8.30. The van der Waals surface area contributed by atoms with Gasteiger partial charge in [-0.3, -0.25) is 4.90 Å². The lowest BCUT2D eigenvalue weighted by atomic mass is 9.87. The van der Waals surface area contributed by atoms with Crippen LogP contribution in [0.25, 0.3) is 0 Å². The monoisotopic (exact) mass is 288 g/mol. The molecule has 1 N–H and O–H groups in total. The molecule has 2 saturated heterocycles. The van der Waals surface area contributed by atoms with E-state index in [0.717, 1.165) is 26.3 Å². The number of nitrogens with zero attached hydrogens (tertiary/aromatic N) is 1. The van der Waals surface area contributed by atoms with Gasteiger partial charge in [-0.05, 0) is 38.2 Å². The molecule has 1 aromatic rings. The Morgan fingerprint density at radius 2 is 2.14 bits per heavy atom. The smallest absolute Gasteiger partial charge is 0.0535 e. The third-order valence-electron chi connectivity index (χ3n) is 5.09. The molecule has 1 aromatic carbocycles. The maximum Gasteiger partial charge on any atom is 0.0535 e. The molecule has 21 heavy (non-hydrogen) atoms. The van der Waals surface area contributed by atoms with Crippen molar-refractivity contribution < 1.29 is 4.74 Å². The van der Waals surface area contributed by atoms with Gasteiger partial charge in [0.25, 0.3) is 0 Å². The number of nitrogens with one attached hydrogen (secondary N) is 1. The highest BCUT2D eigenvalue weighted by Crippen LogP contribution is 2.27. The van der Waals surface area contributed by atoms with Gasteiger partial charge >= 0.3 is 0 Å². The van der Waals surface area contributed by atoms with Crippen molar-refractivity contribution in [3.05, 3.63) is 35.9 Å². The standard InChI is InChI=1S/C18H28N2O/c1-15-11-19-18(2,17-8-4-3-5-9-17)14-20(15)12-16-7-6-10-21-13-16/h3-5,8-9,15-16,19H,6-7,10-14H2,1-2H3. The first-order chi connectivity index (χ1) is 10.2. The molecule has 3 nitrogen and oxygen atoms in total. The molecule has 0 aromatic heterocycles. The molecule has 0 saturated carbocycles. The van der Waals surface area contributed by atoms with Crippen LogP contribution in [0.15, 0.2) is 30.3 Å². The highest BCUT2D eigenvalue weighted by Gasteiger charge is 2.36. The molecule has 3 heteroatoms. The van der Waals surface area contributed by atoms with Crippen LogP contribution in [0.2, 0.25) is 0 Å². The Morgan fingerprint density at radius 3 is 2.86 bits per heavy atom. The van der Waals surface area contributed by atoms with Gasteiger partial charge in [-0.2, -0.15) is 0 Å². The molecule has 3 unspecified atom stereocenters. The van der Waals surface area contributed by atoms with E-state index in [2.05, 4.69) is 54.4 Å². The van der Waals surface area contributed by atoms with Crippen LogP contribution in [0.1, 0.15) is 32.3 Å². The number of hydrogen-bond donors (Lipinski definition) is 1. The number of rotatable bonds is 3. The molecular weight excluding hydrogens is 260 g/mol. The fourth-order valence-electron chi connectivity index (χ4n) is 3.65. The van der Waals surface area contributed by atoms with Crippen molar-refractivity contribution in [3.8, 4) is 0 Å². The summed E-state index contributed by atoms with van der Waals surface area (Å²) >= 11 is 0. The van der Waals surface area contributed by atoms with Crippen LogP contribution in [-0.4, -0.2) is 43.8 Å². The van der Waals surface area contributed by atoms with E-state index in [1.54, 1.807) is 0 Å². The van der Waals surface area contributed by atoms with Crippen molar-refractivity contribution in [2.75, 3.05) is 32.8 Å². The van der Waals surface area contributed by atoms with Crippen LogP contribution in [0.4, 0.5) is 0 Å². The second-order valence-corrected chi connectivity index (χ2v) is 6.94. The van der Waals surface area contributed by atoms with Crippen molar-refractivity contribution >= 4 is 0 Å². The van der Waals surface area contributed by atoms with Crippen LogP contribution in [0, 0.1) is 5.92 Å². The van der Waals surface area contributed by atoms with Gasteiger partial charge in [-0.25, -0.2) is 0 Å². The average molecular weight is 288 g/mol. The van der Waals surface area contributed by atoms with Crippen LogP contribution in [-0.2, 0) is 10.3 Å². The van der Waals surface area contributed by atoms with Crippen molar-refractivity contribution in [3.63, 3.8) is 0 Å². The molecule has 0 aliphatic carbocycles. The van der Waals surface area contributed by atoms with E-state index >= 15 is 0 Å². The Bertz CT molecular complexity index is 444. The SMILES string of the molecule is CC1CNC(C)(c2ccccc2)CN1CC1CCCOC1.